The number of carbonyl (C=O) groups is 2. The van der Waals surface area contributed by atoms with E-state index in [1.165, 1.54) is 20.8 Å². The average Bonchev–Trinajstić information content (AvgIpc) is 3.00. The van der Waals surface area contributed by atoms with Crippen molar-refractivity contribution in [2.45, 2.75) is 39.0 Å². The third-order valence-electron chi connectivity index (χ3n) is 4.97. The molecule has 31 heavy (non-hydrogen) atoms. The van der Waals surface area contributed by atoms with Crippen LogP contribution in [0.5, 0.6) is 0 Å². The van der Waals surface area contributed by atoms with Gasteiger partial charge in [0.25, 0.3) is 5.91 Å². The van der Waals surface area contributed by atoms with Gasteiger partial charge in [0.05, 0.1) is 0 Å². The van der Waals surface area contributed by atoms with Crippen LogP contribution in [0.4, 0.5) is 13.2 Å². The lowest BCUT2D eigenvalue weighted by Gasteiger charge is -2.31. The highest BCUT2D eigenvalue weighted by Gasteiger charge is 2.67. The first-order chi connectivity index (χ1) is 14.5. The normalized spacial score (nSPS) is 19.4. The van der Waals surface area contributed by atoms with Crippen LogP contribution in [0.25, 0.3) is 0 Å². The summed E-state index contributed by atoms with van der Waals surface area (Å²) in [5.41, 5.74) is -3.27. The Morgan fingerprint density at radius 1 is 1.00 bits per heavy atom. The first-order valence-electron chi connectivity index (χ1n) is 9.86. The van der Waals surface area contributed by atoms with E-state index in [2.05, 4.69) is 4.99 Å². The van der Waals surface area contributed by atoms with E-state index < -0.39 is 29.1 Å². The molecule has 0 bridgehead atoms. The van der Waals surface area contributed by atoms with Crippen LogP contribution < -0.4 is 5.32 Å². The molecule has 0 saturated carbocycles. The summed E-state index contributed by atoms with van der Waals surface area (Å²) < 4.78 is 42.8. The fourth-order valence-corrected chi connectivity index (χ4v) is 3.15. The number of aliphatic imine (C=N–C) groups is 1. The second-order valence-corrected chi connectivity index (χ2v) is 8.41. The number of halogens is 3. The molecule has 1 aliphatic heterocycles. The van der Waals surface area contributed by atoms with Gasteiger partial charge in [-0.15, -0.1) is 0 Å². The molecule has 1 unspecified atom stereocenters. The number of amides is 2. The van der Waals surface area contributed by atoms with Gasteiger partial charge in [0.15, 0.2) is 0 Å². The number of hydrogen-bond acceptors (Lipinski definition) is 3. The summed E-state index contributed by atoms with van der Waals surface area (Å²) in [5, 5.41) is 1.91. The molecule has 0 aromatic heterocycles. The van der Waals surface area contributed by atoms with E-state index in [4.69, 9.17) is 0 Å². The van der Waals surface area contributed by atoms with E-state index in [0.29, 0.717) is 12.0 Å². The molecule has 0 fully saturated rings. The summed E-state index contributed by atoms with van der Waals surface area (Å²) in [7, 11) is 0. The van der Waals surface area contributed by atoms with E-state index >= 15 is 0 Å². The fraction of sp³-hybridized carbons (Fsp3) is 0.348. The minimum atomic E-state index is -5.12. The van der Waals surface area contributed by atoms with E-state index in [1.807, 2.05) is 35.6 Å². The maximum Gasteiger partial charge on any atom is 0.442 e. The number of alkyl halides is 3. The summed E-state index contributed by atoms with van der Waals surface area (Å²) in [6.07, 6.45) is -4.79. The summed E-state index contributed by atoms with van der Waals surface area (Å²) in [5.74, 6) is -2.35. The van der Waals surface area contributed by atoms with Crippen molar-refractivity contribution in [1.82, 2.24) is 10.2 Å². The molecule has 3 rings (SSSR count). The number of amidine groups is 1. The van der Waals surface area contributed by atoms with Crippen LogP contribution in [0.1, 0.15) is 31.9 Å². The van der Waals surface area contributed by atoms with E-state index in [0.717, 1.165) is 10.5 Å². The number of nitrogens with zero attached hydrogens (tertiary/aromatic N) is 2. The zero-order valence-electron chi connectivity index (χ0n) is 17.5. The van der Waals surface area contributed by atoms with Gasteiger partial charge in [0, 0.05) is 17.5 Å². The average molecular weight is 431 g/mol. The molecule has 1 atom stereocenters. The molecule has 2 amide bonds. The van der Waals surface area contributed by atoms with Crippen LogP contribution >= 0.6 is 0 Å². The fourth-order valence-electron chi connectivity index (χ4n) is 3.15. The zero-order valence-corrected chi connectivity index (χ0v) is 17.5. The number of benzene rings is 2. The van der Waals surface area contributed by atoms with Crippen molar-refractivity contribution in [1.29, 1.82) is 0 Å². The predicted octanol–water partition coefficient (Wildman–Crippen LogP) is 3.94. The molecule has 1 aliphatic rings. The monoisotopic (exact) mass is 431 g/mol. The highest BCUT2D eigenvalue weighted by Crippen LogP contribution is 2.39. The highest BCUT2D eigenvalue weighted by atomic mass is 19.4. The standard InChI is InChI=1S/C23H24F3N3O2/c1-21(2,3)19(30)28-22(23(24,25)26)20(31)29(15-14-16-10-6-4-7-11-16)18(27-22)17-12-8-5-9-13-17/h4-13H,14-15H2,1-3H3,(H,28,30). The van der Waals surface area contributed by atoms with Crippen LogP contribution in [-0.2, 0) is 16.0 Å². The van der Waals surface area contributed by atoms with E-state index in [1.54, 1.807) is 30.3 Å². The largest absolute Gasteiger partial charge is 0.442 e. The van der Waals surface area contributed by atoms with Crippen LogP contribution in [0.2, 0.25) is 0 Å². The van der Waals surface area contributed by atoms with Crippen LogP contribution in [0.3, 0.4) is 0 Å². The van der Waals surface area contributed by atoms with Crippen molar-refractivity contribution in [2.24, 2.45) is 10.4 Å². The molecule has 0 saturated heterocycles. The maximum absolute atomic E-state index is 14.3. The molecule has 1 N–H and O–H groups in total. The van der Waals surface area contributed by atoms with Crippen molar-refractivity contribution in [3.63, 3.8) is 0 Å². The van der Waals surface area contributed by atoms with Crippen molar-refractivity contribution in [3.05, 3.63) is 71.8 Å². The maximum atomic E-state index is 14.3. The molecular weight excluding hydrogens is 407 g/mol. The van der Waals surface area contributed by atoms with Crippen molar-refractivity contribution < 1.29 is 22.8 Å². The SMILES string of the molecule is CC(C)(C)C(=O)NC1(C(F)(F)F)N=C(c2ccccc2)N(CCc2ccccc2)C1=O. The van der Waals surface area contributed by atoms with Crippen LogP contribution in [0.15, 0.2) is 65.7 Å². The molecule has 0 spiro atoms. The molecular formula is C23H24F3N3O2. The van der Waals surface area contributed by atoms with Gasteiger partial charge in [-0.05, 0) is 12.0 Å². The molecule has 0 radical (unpaired) electrons. The Morgan fingerprint density at radius 2 is 1.55 bits per heavy atom. The Bertz CT molecular complexity index is 983. The smallest absolute Gasteiger partial charge is 0.316 e. The Kier molecular flexibility index (Phi) is 5.93. The third kappa shape index (κ3) is 4.47. The second-order valence-electron chi connectivity index (χ2n) is 8.41. The van der Waals surface area contributed by atoms with E-state index in [-0.39, 0.29) is 12.4 Å². The lowest BCUT2D eigenvalue weighted by atomic mass is 9.94. The molecule has 164 valence electrons. The first-order valence-corrected chi connectivity index (χ1v) is 9.86. The predicted molar refractivity (Wildman–Crippen MR) is 111 cm³/mol. The molecule has 2 aromatic rings. The van der Waals surface area contributed by atoms with Gasteiger partial charge in [-0.2, -0.15) is 13.2 Å². The Morgan fingerprint density at radius 3 is 2.06 bits per heavy atom. The van der Waals surface area contributed by atoms with Crippen molar-refractivity contribution >= 4 is 17.6 Å². The molecule has 1 heterocycles. The topological polar surface area (TPSA) is 61.8 Å². The molecule has 2 aromatic carbocycles. The minimum Gasteiger partial charge on any atom is -0.316 e. The van der Waals surface area contributed by atoms with Gasteiger partial charge in [0.2, 0.25) is 5.91 Å². The Hall–Kier alpha value is -3.16. The Labute approximate surface area is 179 Å². The van der Waals surface area contributed by atoms with Crippen molar-refractivity contribution in [2.75, 3.05) is 6.54 Å². The molecule has 5 nitrogen and oxygen atoms in total. The summed E-state index contributed by atoms with van der Waals surface area (Å²) in [6.45, 7) is 4.41. The number of carbonyl (C=O) groups excluding carboxylic acids is 2. The quantitative estimate of drug-likeness (QED) is 0.780. The second kappa shape index (κ2) is 8.17. The van der Waals surface area contributed by atoms with Crippen LogP contribution in [-0.4, -0.2) is 40.9 Å². The Balaban J connectivity index is 2.05. The van der Waals surface area contributed by atoms with Gasteiger partial charge in [-0.3, -0.25) is 14.5 Å². The van der Waals surface area contributed by atoms with Gasteiger partial charge in [-0.25, -0.2) is 4.99 Å². The van der Waals surface area contributed by atoms with Crippen LogP contribution in [0, 0.1) is 5.41 Å². The van der Waals surface area contributed by atoms with Crippen molar-refractivity contribution in [3.8, 4) is 0 Å². The highest BCUT2D eigenvalue weighted by molar-refractivity contribution is 6.16. The number of rotatable bonds is 5. The summed E-state index contributed by atoms with van der Waals surface area (Å²) in [4.78, 5) is 30.6. The summed E-state index contributed by atoms with van der Waals surface area (Å²) in [6, 6.07) is 17.3. The van der Waals surface area contributed by atoms with E-state index in [9.17, 15) is 22.8 Å². The third-order valence-corrected chi connectivity index (χ3v) is 4.97. The van der Waals surface area contributed by atoms with Gasteiger partial charge in [-0.1, -0.05) is 81.4 Å². The first kappa shape index (κ1) is 22.5. The van der Waals surface area contributed by atoms with Gasteiger partial charge in [0.1, 0.15) is 5.84 Å². The van der Waals surface area contributed by atoms with Gasteiger partial charge >= 0.3 is 11.8 Å². The molecule has 8 heteroatoms. The number of hydrogen-bond donors (Lipinski definition) is 1. The molecule has 0 aliphatic carbocycles. The zero-order chi connectivity index (χ0) is 22.9. The van der Waals surface area contributed by atoms with Gasteiger partial charge < -0.3 is 5.32 Å². The lowest BCUT2D eigenvalue weighted by Crippen LogP contribution is -2.65. The number of nitrogens with one attached hydrogen (secondary N) is 1. The lowest BCUT2D eigenvalue weighted by molar-refractivity contribution is -0.201. The minimum absolute atomic E-state index is 0.0141. The summed E-state index contributed by atoms with van der Waals surface area (Å²) >= 11 is 0.